The van der Waals surface area contributed by atoms with Crippen LogP contribution >= 0.6 is 23.8 Å². The molecule has 0 amide bonds. The van der Waals surface area contributed by atoms with Crippen molar-refractivity contribution in [3.05, 3.63) is 35.4 Å². The van der Waals surface area contributed by atoms with E-state index in [1.807, 2.05) is 0 Å². The van der Waals surface area contributed by atoms with Gasteiger partial charge in [0.2, 0.25) is 0 Å². The summed E-state index contributed by atoms with van der Waals surface area (Å²) >= 11 is 11.1. The Kier molecular flexibility index (Phi) is 4.37. The van der Waals surface area contributed by atoms with Gasteiger partial charge in [0.1, 0.15) is 0 Å². The number of fused-ring (bicyclic) bond motifs is 1. The minimum atomic E-state index is 0.323. The van der Waals surface area contributed by atoms with Crippen LogP contribution < -0.4 is 10.9 Å². The van der Waals surface area contributed by atoms with Gasteiger partial charge in [-0.15, -0.1) is 11.6 Å². The van der Waals surface area contributed by atoms with E-state index >= 15 is 0 Å². The number of thiocarbonyl (C=S) groups is 1. The lowest BCUT2D eigenvalue weighted by atomic mass is 9.94. The van der Waals surface area contributed by atoms with Gasteiger partial charge in [-0.3, -0.25) is 0 Å². The molecule has 1 aromatic carbocycles. The first kappa shape index (κ1) is 12.8. The molecule has 92 valence electrons. The summed E-state index contributed by atoms with van der Waals surface area (Å²) in [5.41, 5.74) is 8.92. The number of benzene rings is 1. The SMILES string of the molecule is CC1Cc2ccccc2C1C(=S)NNCCCl. The number of alkyl halides is 1. The zero-order valence-electron chi connectivity index (χ0n) is 9.87. The second-order valence-electron chi connectivity index (χ2n) is 4.46. The van der Waals surface area contributed by atoms with Gasteiger partial charge < -0.3 is 5.43 Å². The summed E-state index contributed by atoms with van der Waals surface area (Å²) in [5.74, 6) is 1.46. The van der Waals surface area contributed by atoms with Crippen molar-refractivity contribution in [2.45, 2.75) is 19.3 Å². The maximum Gasteiger partial charge on any atom is 0.0973 e. The predicted molar refractivity (Wildman–Crippen MR) is 76.5 cm³/mol. The molecule has 2 atom stereocenters. The Balaban J connectivity index is 2.08. The Morgan fingerprint density at radius 1 is 1.47 bits per heavy atom. The first-order valence-corrected chi connectivity index (χ1v) is 6.84. The van der Waals surface area contributed by atoms with Crippen LogP contribution in [0.4, 0.5) is 0 Å². The normalized spacial score (nSPS) is 22.2. The number of hydrogen-bond acceptors (Lipinski definition) is 2. The van der Waals surface area contributed by atoms with Crippen molar-refractivity contribution in [2.75, 3.05) is 12.4 Å². The highest BCUT2D eigenvalue weighted by molar-refractivity contribution is 7.80. The van der Waals surface area contributed by atoms with Crippen molar-refractivity contribution >= 4 is 28.8 Å². The molecule has 2 N–H and O–H groups in total. The van der Waals surface area contributed by atoms with E-state index in [-0.39, 0.29) is 0 Å². The average Bonchev–Trinajstić information content (AvgIpc) is 2.65. The van der Waals surface area contributed by atoms with Gasteiger partial charge in [-0.1, -0.05) is 43.4 Å². The van der Waals surface area contributed by atoms with Crippen molar-refractivity contribution in [3.8, 4) is 0 Å². The summed E-state index contributed by atoms with van der Waals surface area (Å²) in [6, 6.07) is 8.55. The molecule has 4 heteroatoms. The minimum Gasteiger partial charge on any atom is -0.315 e. The highest BCUT2D eigenvalue weighted by Crippen LogP contribution is 2.37. The topological polar surface area (TPSA) is 24.1 Å². The maximum absolute atomic E-state index is 5.61. The van der Waals surface area contributed by atoms with Gasteiger partial charge in [0.05, 0.1) is 4.99 Å². The van der Waals surface area contributed by atoms with Crippen LogP contribution in [0.3, 0.4) is 0 Å². The van der Waals surface area contributed by atoms with E-state index in [4.69, 9.17) is 23.8 Å². The molecule has 0 fully saturated rings. The van der Waals surface area contributed by atoms with Crippen LogP contribution in [0.1, 0.15) is 24.0 Å². The summed E-state index contributed by atoms with van der Waals surface area (Å²) in [4.78, 5) is 0.868. The molecule has 0 spiro atoms. The number of hydrazine groups is 1. The monoisotopic (exact) mass is 268 g/mol. The lowest BCUT2D eigenvalue weighted by Crippen LogP contribution is -2.41. The molecule has 2 rings (SSSR count). The largest absolute Gasteiger partial charge is 0.315 e. The lowest BCUT2D eigenvalue weighted by molar-refractivity contribution is 0.569. The fourth-order valence-corrected chi connectivity index (χ4v) is 2.99. The van der Waals surface area contributed by atoms with E-state index in [0.717, 1.165) is 11.4 Å². The Labute approximate surface area is 113 Å². The highest BCUT2D eigenvalue weighted by Gasteiger charge is 2.31. The van der Waals surface area contributed by atoms with E-state index in [9.17, 15) is 0 Å². The number of nitrogens with one attached hydrogen (secondary N) is 2. The molecule has 0 radical (unpaired) electrons. The smallest absolute Gasteiger partial charge is 0.0973 e. The lowest BCUT2D eigenvalue weighted by Gasteiger charge is -2.19. The Morgan fingerprint density at radius 3 is 3.00 bits per heavy atom. The van der Waals surface area contributed by atoms with E-state index in [1.54, 1.807) is 0 Å². The van der Waals surface area contributed by atoms with Crippen molar-refractivity contribution in [1.82, 2.24) is 10.9 Å². The fourth-order valence-electron chi connectivity index (χ4n) is 2.47. The zero-order chi connectivity index (χ0) is 12.3. The molecule has 1 aliphatic rings. The molecule has 17 heavy (non-hydrogen) atoms. The van der Waals surface area contributed by atoms with Gasteiger partial charge in [-0.05, 0) is 23.5 Å². The van der Waals surface area contributed by atoms with Gasteiger partial charge in [-0.2, -0.15) is 0 Å². The second-order valence-corrected chi connectivity index (χ2v) is 5.28. The van der Waals surface area contributed by atoms with Crippen molar-refractivity contribution in [1.29, 1.82) is 0 Å². The number of rotatable bonds is 4. The van der Waals surface area contributed by atoms with Crippen LogP contribution in [0.5, 0.6) is 0 Å². The van der Waals surface area contributed by atoms with Gasteiger partial charge in [0, 0.05) is 18.3 Å². The van der Waals surface area contributed by atoms with Gasteiger partial charge in [0.15, 0.2) is 0 Å². The zero-order valence-corrected chi connectivity index (χ0v) is 11.4. The predicted octanol–water partition coefficient (Wildman–Crippen LogP) is 2.62. The van der Waals surface area contributed by atoms with E-state index in [1.165, 1.54) is 11.1 Å². The van der Waals surface area contributed by atoms with Crippen LogP contribution in [0.25, 0.3) is 0 Å². The first-order valence-electron chi connectivity index (χ1n) is 5.90. The molecule has 0 aliphatic heterocycles. The Bertz CT molecular complexity index is 408. The highest BCUT2D eigenvalue weighted by atomic mass is 35.5. The van der Waals surface area contributed by atoms with Crippen molar-refractivity contribution in [2.24, 2.45) is 5.92 Å². The minimum absolute atomic E-state index is 0.323. The molecule has 0 bridgehead atoms. The number of hydrogen-bond donors (Lipinski definition) is 2. The molecular weight excluding hydrogens is 252 g/mol. The molecular formula is C13H17ClN2S. The summed E-state index contributed by atoms with van der Waals surface area (Å²) in [7, 11) is 0. The maximum atomic E-state index is 5.61. The number of halogens is 1. The van der Waals surface area contributed by atoms with Gasteiger partial charge >= 0.3 is 0 Å². The quantitative estimate of drug-likeness (QED) is 0.380. The van der Waals surface area contributed by atoms with Crippen LogP contribution in [0.15, 0.2) is 24.3 Å². The second kappa shape index (κ2) is 5.80. The molecule has 1 aliphatic carbocycles. The summed E-state index contributed by atoms with van der Waals surface area (Å²) in [6.07, 6.45) is 1.11. The fraction of sp³-hybridized carbons (Fsp3) is 0.462. The van der Waals surface area contributed by atoms with Crippen LogP contribution in [-0.4, -0.2) is 17.4 Å². The molecule has 2 unspecified atom stereocenters. The van der Waals surface area contributed by atoms with Crippen molar-refractivity contribution < 1.29 is 0 Å². The molecule has 0 heterocycles. The van der Waals surface area contributed by atoms with Gasteiger partial charge in [-0.25, -0.2) is 5.43 Å². The average molecular weight is 269 g/mol. The molecule has 0 saturated carbocycles. The molecule has 2 nitrogen and oxygen atoms in total. The summed E-state index contributed by atoms with van der Waals surface area (Å²) in [5, 5.41) is 0. The van der Waals surface area contributed by atoms with E-state index < -0.39 is 0 Å². The van der Waals surface area contributed by atoms with Gasteiger partial charge in [0.25, 0.3) is 0 Å². The molecule has 0 saturated heterocycles. The third-order valence-electron chi connectivity index (χ3n) is 3.21. The first-order chi connectivity index (χ1) is 8.24. The van der Waals surface area contributed by atoms with Crippen LogP contribution in [-0.2, 0) is 6.42 Å². The standard InChI is InChI=1S/C13H17ClN2S/c1-9-8-10-4-2-3-5-11(10)12(9)13(17)16-15-7-6-14/h2-5,9,12,15H,6-8H2,1H3,(H,16,17). The van der Waals surface area contributed by atoms with E-state index in [0.29, 0.717) is 24.3 Å². The van der Waals surface area contributed by atoms with Crippen LogP contribution in [0.2, 0.25) is 0 Å². The Hall–Kier alpha value is -0.640. The van der Waals surface area contributed by atoms with Crippen LogP contribution in [0, 0.1) is 5.92 Å². The molecule has 0 aromatic heterocycles. The summed E-state index contributed by atoms with van der Waals surface area (Å²) < 4.78 is 0. The van der Waals surface area contributed by atoms with Crippen molar-refractivity contribution in [3.63, 3.8) is 0 Å². The third kappa shape index (κ3) is 2.79. The van der Waals surface area contributed by atoms with E-state index in [2.05, 4.69) is 42.0 Å². The molecule has 1 aromatic rings. The summed E-state index contributed by atoms with van der Waals surface area (Å²) in [6.45, 7) is 2.96. The third-order valence-corrected chi connectivity index (χ3v) is 3.76. The Morgan fingerprint density at radius 2 is 2.24 bits per heavy atom.